The largest absolute Gasteiger partial charge is 0.493 e. The highest BCUT2D eigenvalue weighted by Gasteiger charge is 2.36. The van der Waals surface area contributed by atoms with Crippen LogP contribution in [-0.2, 0) is 16.1 Å². The number of carbonyl (C=O) groups excluding carboxylic acids is 2. The summed E-state index contributed by atoms with van der Waals surface area (Å²) in [5, 5.41) is 0. The van der Waals surface area contributed by atoms with E-state index in [0.29, 0.717) is 32.0 Å². The molecule has 0 radical (unpaired) electrons. The first-order valence-electron chi connectivity index (χ1n) is 15.8. The van der Waals surface area contributed by atoms with Gasteiger partial charge in [-0.2, -0.15) is 0 Å². The molecule has 224 valence electrons. The third kappa shape index (κ3) is 8.32. The van der Waals surface area contributed by atoms with Crippen LogP contribution in [0.15, 0.2) is 42.5 Å². The first-order valence-corrected chi connectivity index (χ1v) is 15.8. The zero-order chi connectivity index (χ0) is 29.2. The van der Waals surface area contributed by atoms with Gasteiger partial charge in [0.15, 0.2) is 0 Å². The molecule has 0 aliphatic carbocycles. The Balaban J connectivity index is 1.51. The number of anilines is 1. The molecule has 0 saturated carbocycles. The van der Waals surface area contributed by atoms with Crippen LogP contribution in [-0.4, -0.2) is 67.0 Å². The van der Waals surface area contributed by atoms with Crippen LogP contribution >= 0.6 is 0 Å². The van der Waals surface area contributed by atoms with Crippen LogP contribution in [0, 0.1) is 6.92 Å². The van der Waals surface area contributed by atoms with Crippen LogP contribution in [0.25, 0.3) is 0 Å². The average Bonchev–Trinajstić information content (AvgIpc) is 3.58. The van der Waals surface area contributed by atoms with E-state index in [1.165, 1.54) is 5.56 Å². The smallest absolute Gasteiger partial charge is 0.241 e. The van der Waals surface area contributed by atoms with Crippen LogP contribution in [0.3, 0.4) is 0 Å². The van der Waals surface area contributed by atoms with E-state index in [2.05, 4.69) is 43.9 Å². The molecule has 2 aromatic carbocycles. The molecule has 0 bridgehead atoms. The van der Waals surface area contributed by atoms with E-state index in [-0.39, 0.29) is 17.9 Å². The molecule has 0 spiro atoms. The highest BCUT2D eigenvalue weighted by molar-refractivity contribution is 5.95. The number of hydrogen-bond acceptors (Lipinski definition) is 5. The number of aryl methyl sites for hydroxylation is 1. The third-order valence-electron chi connectivity index (χ3n) is 8.69. The van der Waals surface area contributed by atoms with Gasteiger partial charge in [0.2, 0.25) is 11.8 Å². The Morgan fingerprint density at radius 1 is 1.12 bits per heavy atom. The number of nitrogens with two attached hydrogens (primary N) is 1. The molecule has 2 atom stereocenters. The van der Waals surface area contributed by atoms with Crippen LogP contribution in [0.2, 0.25) is 0 Å². The molecule has 2 aromatic rings. The Bertz CT molecular complexity index is 1150. The van der Waals surface area contributed by atoms with Gasteiger partial charge in [-0.25, -0.2) is 0 Å². The lowest BCUT2D eigenvalue weighted by atomic mass is 9.94. The van der Waals surface area contributed by atoms with Crippen molar-refractivity contribution in [2.75, 3.05) is 44.2 Å². The summed E-state index contributed by atoms with van der Waals surface area (Å²) in [5.41, 5.74) is 10.3. The van der Waals surface area contributed by atoms with Gasteiger partial charge in [0.25, 0.3) is 0 Å². The SMILES string of the molecule is CCCCOc1ccc([C@@H]2C[C@H](CCN3CCCC3=O)N(CC(=O)N(CCCC)c3cccc(CN)c3)C2)cc1C. The van der Waals surface area contributed by atoms with E-state index in [1.807, 2.05) is 34.1 Å². The first-order chi connectivity index (χ1) is 19.9. The Morgan fingerprint density at radius 2 is 1.95 bits per heavy atom. The van der Waals surface area contributed by atoms with E-state index in [9.17, 15) is 9.59 Å². The lowest BCUT2D eigenvalue weighted by molar-refractivity contribution is -0.128. The average molecular weight is 563 g/mol. The van der Waals surface area contributed by atoms with Gasteiger partial charge in [0.1, 0.15) is 5.75 Å². The minimum atomic E-state index is 0.131. The summed E-state index contributed by atoms with van der Waals surface area (Å²) in [6.45, 7) is 11.2. The quantitative estimate of drug-likeness (QED) is 0.285. The van der Waals surface area contributed by atoms with Crippen molar-refractivity contribution in [3.8, 4) is 5.75 Å². The van der Waals surface area contributed by atoms with Gasteiger partial charge < -0.3 is 20.3 Å². The maximum atomic E-state index is 13.9. The predicted octanol–water partition coefficient (Wildman–Crippen LogP) is 5.64. The normalized spacial score (nSPS) is 19.2. The molecule has 2 amide bonds. The molecule has 0 unspecified atom stereocenters. The fraction of sp³-hybridized carbons (Fsp3) is 0.588. The number of hydrogen-bond donors (Lipinski definition) is 1. The monoisotopic (exact) mass is 562 g/mol. The van der Waals surface area contributed by atoms with Crippen molar-refractivity contribution in [1.82, 2.24) is 9.80 Å². The molecule has 7 nitrogen and oxygen atoms in total. The number of benzene rings is 2. The summed E-state index contributed by atoms with van der Waals surface area (Å²) in [6, 6.07) is 14.9. The zero-order valence-corrected chi connectivity index (χ0v) is 25.4. The van der Waals surface area contributed by atoms with Crippen molar-refractivity contribution >= 4 is 17.5 Å². The molecule has 2 heterocycles. The second-order valence-electron chi connectivity index (χ2n) is 11.8. The third-order valence-corrected chi connectivity index (χ3v) is 8.69. The first kappa shape index (κ1) is 31.0. The molecular weight excluding hydrogens is 512 g/mol. The summed E-state index contributed by atoms with van der Waals surface area (Å²) in [5.74, 6) is 1.70. The minimum Gasteiger partial charge on any atom is -0.493 e. The highest BCUT2D eigenvalue weighted by Crippen LogP contribution is 2.35. The van der Waals surface area contributed by atoms with Gasteiger partial charge in [0, 0.05) is 50.9 Å². The van der Waals surface area contributed by atoms with E-state index in [0.717, 1.165) is 93.8 Å². The predicted molar refractivity (Wildman–Crippen MR) is 166 cm³/mol. The Labute approximate surface area is 247 Å². The van der Waals surface area contributed by atoms with E-state index in [1.54, 1.807) is 0 Å². The van der Waals surface area contributed by atoms with Gasteiger partial charge in [-0.3, -0.25) is 14.5 Å². The van der Waals surface area contributed by atoms with Crippen molar-refractivity contribution in [3.63, 3.8) is 0 Å². The molecule has 2 aliphatic heterocycles. The van der Waals surface area contributed by atoms with Gasteiger partial charge >= 0.3 is 0 Å². The minimum absolute atomic E-state index is 0.131. The molecule has 0 aromatic heterocycles. The molecular formula is C34H50N4O3. The zero-order valence-electron chi connectivity index (χ0n) is 25.4. The maximum Gasteiger partial charge on any atom is 0.241 e. The summed E-state index contributed by atoms with van der Waals surface area (Å²) in [4.78, 5) is 32.5. The van der Waals surface area contributed by atoms with Crippen LogP contribution in [0.4, 0.5) is 5.69 Å². The molecule has 2 saturated heterocycles. The standard InChI is InChI=1S/C34H50N4O3/c1-4-6-17-38(31-11-8-10-27(21-31)23-35)34(40)25-37-24-29(22-30(37)15-18-36-16-9-12-33(36)39)28-13-14-32(26(3)20-28)41-19-7-5-2/h8,10-11,13-14,20-21,29-30H,4-7,9,12,15-19,22-25,35H2,1-3H3/t29-,30+/m1/s1. The van der Waals surface area contributed by atoms with Crippen molar-refractivity contribution in [3.05, 3.63) is 59.2 Å². The van der Waals surface area contributed by atoms with Gasteiger partial charge in [0.05, 0.1) is 13.2 Å². The fourth-order valence-corrected chi connectivity index (χ4v) is 6.20. The highest BCUT2D eigenvalue weighted by atomic mass is 16.5. The topological polar surface area (TPSA) is 79.1 Å². The number of unbranched alkanes of at least 4 members (excludes halogenated alkanes) is 2. The second kappa shape index (κ2) is 15.4. The molecule has 7 heteroatoms. The Kier molecular flexibility index (Phi) is 11.6. The van der Waals surface area contributed by atoms with Crippen molar-refractivity contribution < 1.29 is 14.3 Å². The summed E-state index contributed by atoms with van der Waals surface area (Å²) < 4.78 is 6.01. The fourth-order valence-electron chi connectivity index (χ4n) is 6.20. The number of ether oxygens (including phenoxy) is 1. The molecule has 2 aliphatic rings. The lowest BCUT2D eigenvalue weighted by Crippen LogP contribution is -2.43. The summed E-state index contributed by atoms with van der Waals surface area (Å²) in [6.07, 6.45) is 7.65. The summed E-state index contributed by atoms with van der Waals surface area (Å²) >= 11 is 0. The van der Waals surface area contributed by atoms with Crippen LogP contribution in [0.5, 0.6) is 5.75 Å². The number of carbonyl (C=O) groups is 2. The number of amides is 2. The second-order valence-corrected chi connectivity index (χ2v) is 11.8. The van der Waals surface area contributed by atoms with Crippen LogP contribution < -0.4 is 15.4 Å². The molecule has 41 heavy (non-hydrogen) atoms. The Morgan fingerprint density at radius 3 is 2.66 bits per heavy atom. The van der Waals surface area contributed by atoms with E-state index < -0.39 is 0 Å². The molecule has 4 rings (SSSR count). The Hall–Kier alpha value is -2.90. The van der Waals surface area contributed by atoms with E-state index >= 15 is 0 Å². The van der Waals surface area contributed by atoms with Gasteiger partial charge in [-0.05, 0) is 79.8 Å². The van der Waals surface area contributed by atoms with Gasteiger partial charge in [-0.1, -0.05) is 51.0 Å². The lowest BCUT2D eigenvalue weighted by Gasteiger charge is -2.29. The van der Waals surface area contributed by atoms with Crippen molar-refractivity contribution in [2.45, 2.75) is 90.6 Å². The number of nitrogens with zero attached hydrogens (tertiary/aromatic N) is 3. The van der Waals surface area contributed by atoms with E-state index in [4.69, 9.17) is 10.5 Å². The van der Waals surface area contributed by atoms with Crippen molar-refractivity contribution in [1.29, 1.82) is 0 Å². The van der Waals surface area contributed by atoms with Crippen LogP contribution in [0.1, 0.15) is 87.8 Å². The summed E-state index contributed by atoms with van der Waals surface area (Å²) in [7, 11) is 0. The number of rotatable bonds is 15. The van der Waals surface area contributed by atoms with Crippen molar-refractivity contribution in [2.24, 2.45) is 5.73 Å². The molecule has 2 N–H and O–H groups in total. The van der Waals surface area contributed by atoms with Gasteiger partial charge in [-0.15, -0.1) is 0 Å². The molecule has 2 fully saturated rings. The maximum absolute atomic E-state index is 13.9. The number of likely N-dealkylation sites (tertiary alicyclic amines) is 2.